The molecule has 0 radical (unpaired) electrons. The average molecular weight is 385 g/mol. The summed E-state index contributed by atoms with van der Waals surface area (Å²) in [6, 6.07) is 23.1. The molecule has 0 aliphatic carbocycles. The van der Waals surface area contributed by atoms with Gasteiger partial charge < -0.3 is 0 Å². The molecule has 2 aliphatic heterocycles. The molecule has 25 heavy (non-hydrogen) atoms. The Morgan fingerprint density at radius 2 is 1.08 bits per heavy atom. The van der Waals surface area contributed by atoms with Crippen LogP contribution in [0.4, 0.5) is 0 Å². The van der Waals surface area contributed by atoms with E-state index in [1.54, 1.807) is 10.6 Å². The first-order valence-electron chi connectivity index (χ1n) is 9.81. The van der Waals surface area contributed by atoms with Gasteiger partial charge in [-0.1, -0.05) is 89.6 Å². The molecule has 132 valence electrons. The zero-order valence-electron chi connectivity index (χ0n) is 15.6. The molecule has 0 saturated carbocycles. The fourth-order valence-corrected chi connectivity index (χ4v) is 22.0. The number of hydrogen-bond acceptors (Lipinski definition) is 0. The summed E-state index contributed by atoms with van der Waals surface area (Å²) in [4.78, 5) is 0. The summed E-state index contributed by atoms with van der Waals surface area (Å²) in [5.74, 6) is 0. The Morgan fingerprint density at radius 3 is 1.48 bits per heavy atom. The molecule has 0 aromatic heterocycles. The molecule has 0 nitrogen and oxygen atoms in total. The molecule has 2 heterocycles. The van der Waals surface area contributed by atoms with E-state index in [-0.39, 0.29) is 15.8 Å². The van der Waals surface area contributed by atoms with Crippen molar-refractivity contribution in [2.75, 3.05) is 12.3 Å². The van der Waals surface area contributed by atoms with Crippen LogP contribution in [0.25, 0.3) is 0 Å². The van der Waals surface area contributed by atoms with Gasteiger partial charge >= 0.3 is 0 Å². The van der Waals surface area contributed by atoms with Gasteiger partial charge in [-0.2, -0.15) is 0 Å². The van der Waals surface area contributed by atoms with E-state index in [1.807, 2.05) is 0 Å². The van der Waals surface area contributed by atoms with Crippen molar-refractivity contribution in [2.24, 2.45) is 0 Å². The molecule has 0 amide bonds. The van der Waals surface area contributed by atoms with Gasteiger partial charge in [0, 0.05) is 0 Å². The Balaban J connectivity index is 1.61. The summed E-state index contributed by atoms with van der Waals surface area (Å²) in [5, 5.41) is 5.45. The molecule has 3 heteroatoms. The molecule has 0 unspecified atom stereocenters. The highest BCUT2D eigenvalue weighted by Gasteiger charge is 2.49. The number of hydrogen-bond donors (Lipinski definition) is 0. The van der Waals surface area contributed by atoms with E-state index >= 15 is 0 Å². The largest absolute Gasteiger partial charge is 0.0749 e. The maximum Gasteiger partial charge on any atom is 0.0631 e. The highest BCUT2D eigenvalue weighted by Crippen LogP contribution is 2.60. The van der Waals surface area contributed by atoms with Crippen molar-refractivity contribution in [3.63, 3.8) is 0 Å². The van der Waals surface area contributed by atoms with Gasteiger partial charge in [0.15, 0.2) is 0 Å². The van der Waals surface area contributed by atoms with Crippen molar-refractivity contribution >= 4 is 34.5 Å². The predicted octanol–water partition coefficient (Wildman–Crippen LogP) is 5.71. The van der Waals surface area contributed by atoms with Gasteiger partial charge in [-0.25, -0.2) is 0 Å². The highest BCUT2D eigenvalue weighted by molar-refractivity contribution is 7.72. The van der Waals surface area contributed by atoms with E-state index in [4.69, 9.17) is 0 Å². The van der Waals surface area contributed by atoms with Gasteiger partial charge in [-0.05, 0) is 59.2 Å². The van der Waals surface area contributed by atoms with Crippen LogP contribution in [0.5, 0.6) is 0 Å². The Labute approximate surface area is 157 Å². The monoisotopic (exact) mass is 384 g/mol. The Morgan fingerprint density at radius 1 is 0.680 bits per heavy atom. The van der Waals surface area contributed by atoms with E-state index in [1.165, 1.54) is 38.0 Å². The van der Waals surface area contributed by atoms with Crippen LogP contribution in [0, 0.1) is 0 Å². The van der Waals surface area contributed by atoms with Gasteiger partial charge in [0.1, 0.15) is 0 Å². The average Bonchev–Trinajstić information content (AvgIpc) is 3.33. The third kappa shape index (κ3) is 3.53. The van der Waals surface area contributed by atoms with Crippen LogP contribution >= 0.6 is 15.8 Å². The van der Waals surface area contributed by atoms with Gasteiger partial charge in [-0.15, -0.1) is 0 Å². The van der Waals surface area contributed by atoms with Crippen molar-refractivity contribution < 1.29 is 0 Å². The minimum absolute atomic E-state index is 0.0764. The van der Waals surface area contributed by atoms with E-state index in [0.717, 1.165) is 10.6 Å². The Bertz CT molecular complexity index is 626. The smallest absolute Gasteiger partial charge is 0.0631 e. The van der Waals surface area contributed by atoms with Crippen LogP contribution in [0.3, 0.4) is 0 Å². The SMILES string of the molecule is C[Si](C)([C@@H]1CCC[P@]1c1ccccc1)[C@H]1CCC[P@@]1c1ccccc1. The summed E-state index contributed by atoms with van der Waals surface area (Å²) in [6.07, 6.45) is 8.92. The second-order valence-electron chi connectivity index (χ2n) is 8.20. The normalized spacial score (nSPS) is 29.8. The van der Waals surface area contributed by atoms with Gasteiger partial charge in [0.2, 0.25) is 0 Å². The van der Waals surface area contributed by atoms with Crippen molar-refractivity contribution in [3.8, 4) is 0 Å². The molecule has 0 bridgehead atoms. The quantitative estimate of drug-likeness (QED) is 0.468. The van der Waals surface area contributed by atoms with Crippen molar-refractivity contribution in [1.29, 1.82) is 0 Å². The number of rotatable bonds is 4. The topological polar surface area (TPSA) is 0 Å². The molecule has 0 spiro atoms. The van der Waals surface area contributed by atoms with Crippen LogP contribution in [-0.2, 0) is 0 Å². The van der Waals surface area contributed by atoms with Crippen LogP contribution in [0.2, 0.25) is 13.1 Å². The molecule has 2 aliphatic rings. The standard InChI is InChI=1S/C22H30P2Si/c1-25(2,21-15-9-17-23(21)19-11-5-3-6-12-19)22-16-10-18-24(22)20-13-7-4-8-14-20/h3-8,11-14,21-22H,9-10,15-18H2,1-2H3/t21-,22+,23-,24+. The molecule has 2 aromatic rings. The molecular weight excluding hydrogens is 354 g/mol. The third-order valence-electron chi connectivity index (χ3n) is 6.40. The lowest BCUT2D eigenvalue weighted by Crippen LogP contribution is -2.50. The van der Waals surface area contributed by atoms with Crippen LogP contribution in [0.1, 0.15) is 25.7 Å². The minimum Gasteiger partial charge on any atom is -0.0749 e. The molecule has 0 N–H and O–H groups in total. The third-order valence-corrected chi connectivity index (χ3v) is 21.8. The zero-order valence-corrected chi connectivity index (χ0v) is 18.4. The summed E-state index contributed by atoms with van der Waals surface area (Å²) in [6.45, 7) is 5.52. The summed E-state index contributed by atoms with van der Waals surface area (Å²) in [7, 11) is -1.12. The molecule has 2 aromatic carbocycles. The lowest BCUT2D eigenvalue weighted by molar-refractivity contribution is 0.855. The van der Waals surface area contributed by atoms with Crippen molar-refractivity contribution in [1.82, 2.24) is 0 Å². The summed E-state index contributed by atoms with van der Waals surface area (Å²) >= 11 is 0. The molecule has 2 fully saturated rings. The Kier molecular flexibility index (Phi) is 5.47. The predicted molar refractivity (Wildman–Crippen MR) is 119 cm³/mol. The van der Waals surface area contributed by atoms with Gasteiger partial charge in [0.25, 0.3) is 0 Å². The number of benzene rings is 2. The van der Waals surface area contributed by atoms with Crippen LogP contribution in [0.15, 0.2) is 60.7 Å². The first-order valence-corrected chi connectivity index (χ1v) is 16.2. The van der Waals surface area contributed by atoms with Crippen LogP contribution < -0.4 is 10.6 Å². The maximum absolute atomic E-state index is 2.76. The van der Waals surface area contributed by atoms with Crippen LogP contribution in [-0.4, -0.2) is 31.0 Å². The Hall–Kier alpha value is -0.483. The molecular formula is C22H30P2Si. The van der Waals surface area contributed by atoms with Gasteiger partial charge in [-0.3, -0.25) is 0 Å². The second kappa shape index (κ2) is 7.64. The first-order chi connectivity index (χ1) is 12.2. The highest BCUT2D eigenvalue weighted by atomic mass is 31.1. The fraction of sp³-hybridized carbons (Fsp3) is 0.455. The lowest BCUT2D eigenvalue weighted by Gasteiger charge is -2.42. The zero-order chi connectivity index (χ0) is 17.3. The lowest BCUT2D eigenvalue weighted by atomic mass is 10.4. The summed E-state index contributed by atoms with van der Waals surface area (Å²) < 4.78 is 0. The fourth-order valence-electron chi connectivity index (χ4n) is 5.16. The summed E-state index contributed by atoms with van der Waals surface area (Å²) in [5.41, 5.74) is 0. The van der Waals surface area contributed by atoms with Crippen molar-refractivity contribution in [2.45, 2.75) is 49.3 Å². The minimum atomic E-state index is -1.27. The first kappa shape index (κ1) is 17.9. The van der Waals surface area contributed by atoms with Crippen molar-refractivity contribution in [3.05, 3.63) is 60.7 Å². The second-order valence-corrected chi connectivity index (χ2v) is 19.3. The molecule has 4 atom stereocenters. The van der Waals surface area contributed by atoms with E-state index in [2.05, 4.69) is 73.8 Å². The van der Waals surface area contributed by atoms with Gasteiger partial charge in [0.05, 0.1) is 8.07 Å². The molecule has 4 rings (SSSR count). The van der Waals surface area contributed by atoms with E-state index in [0.29, 0.717) is 0 Å². The maximum atomic E-state index is 2.76. The van der Waals surface area contributed by atoms with E-state index < -0.39 is 8.07 Å². The molecule has 2 saturated heterocycles. The van der Waals surface area contributed by atoms with E-state index in [9.17, 15) is 0 Å².